The molecule has 1 heterocycles. The molecule has 0 atom stereocenters. The molecule has 26 heavy (non-hydrogen) atoms. The van der Waals surface area contributed by atoms with E-state index in [1.54, 1.807) is 14.2 Å². The Kier molecular flexibility index (Phi) is 6.12. The SMILES string of the molecule is COc1ccc(CC(=O)N2CC[NH+](Cc3ccccc3)CC2)c(OC)c1. The number of carbonyl (C=O) groups is 1. The van der Waals surface area contributed by atoms with Crippen LogP contribution in [0.4, 0.5) is 0 Å². The second-order valence-corrected chi connectivity index (χ2v) is 6.65. The van der Waals surface area contributed by atoms with E-state index in [-0.39, 0.29) is 5.91 Å². The Bertz CT molecular complexity index is 725. The predicted octanol–water partition coefficient (Wildman–Crippen LogP) is 1.17. The Labute approximate surface area is 155 Å². The maximum atomic E-state index is 12.7. The van der Waals surface area contributed by atoms with Gasteiger partial charge in [0.15, 0.2) is 0 Å². The first-order chi connectivity index (χ1) is 12.7. The van der Waals surface area contributed by atoms with Crippen molar-refractivity contribution in [3.8, 4) is 11.5 Å². The number of methoxy groups -OCH3 is 2. The highest BCUT2D eigenvalue weighted by molar-refractivity contribution is 5.79. The van der Waals surface area contributed by atoms with Crippen molar-refractivity contribution in [3.63, 3.8) is 0 Å². The number of hydrogen-bond donors (Lipinski definition) is 1. The van der Waals surface area contributed by atoms with Crippen LogP contribution in [0.25, 0.3) is 0 Å². The summed E-state index contributed by atoms with van der Waals surface area (Å²) in [5, 5.41) is 0. The van der Waals surface area contributed by atoms with Crippen LogP contribution in [0.15, 0.2) is 48.5 Å². The zero-order chi connectivity index (χ0) is 18.4. The van der Waals surface area contributed by atoms with E-state index >= 15 is 0 Å². The van der Waals surface area contributed by atoms with E-state index in [4.69, 9.17) is 9.47 Å². The average Bonchev–Trinajstić information content (AvgIpc) is 2.69. The summed E-state index contributed by atoms with van der Waals surface area (Å²) in [6, 6.07) is 16.1. The molecule has 0 radical (unpaired) electrons. The van der Waals surface area contributed by atoms with E-state index in [1.165, 1.54) is 10.5 Å². The number of quaternary nitrogens is 1. The van der Waals surface area contributed by atoms with Crippen LogP contribution < -0.4 is 14.4 Å². The molecular weight excluding hydrogens is 328 g/mol. The van der Waals surface area contributed by atoms with Gasteiger partial charge in [0.05, 0.1) is 46.8 Å². The molecule has 1 amide bonds. The van der Waals surface area contributed by atoms with Crippen LogP contribution in [-0.4, -0.2) is 51.2 Å². The van der Waals surface area contributed by atoms with Gasteiger partial charge in [-0.25, -0.2) is 0 Å². The fourth-order valence-corrected chi connectivity index (χ4v) is 3.41. The molecule has 0 saturated carbocycles. The van der Waals surface area contributed by atoms with Gasteiger partial charge in [-0.2, -0.15) is 0 Å². The summed E-state index contributed by atoms with van der Waals surface area (Å²) in [6.07, 6.45) is 0.362. The lowest BCUT2D eigenvalue weighted by molar-refractivity contribution is -0.917. The summed E-state index contributed by atoms with van der Waals surface area (Å²) in [5.74, 6) is 1.59. The number of nitrogens with one attached hydrogen (secondary N) is 1. The fraction of sp³-hybridized carbons (Fsp3) is 0.381. The van der Waals surface area contributed by atoms with Crippen molar-refractivity contribution in [1.82, 2.24) is 4.90 Å². The molecule has 3 rings (SSSR count). The molecule has 5 heteroatoms. The van der Waals surface area contributed by atoms with Crippen molar-refractivity contribution in [2.24, 2.45) is 0 Å². The van der Waals surface area contributed by atoms with Gasteiger partial charge >= 0.3 is 0 Å². The molecule has 5 nitrogen and oxygen atoms in total. The van der Waals surface area contributed by atoms with Crippen LogP contribution in [0.5, 0.6) is 11.5 Å². The molecule has 0 aliphatic carbocycles. The normalized spacial score (nSPS) is 14.9. The quantitative estimate of drug-likeness (QED) is 0.846. The van der Waals surface area contributed by atoms with Crippen molar-refractivity contribution in [2.45, 2.75) is 13.0 Å². The van der Waals surface area contributed by atoms with Crippen molar-refractivity contribution >= 4 is 5.91 Å². The summed E-state index contributed by atoms with van der Waals surface area (Å²) < 4.78 is 10.6. The molecule has 2 aromatic carbocycles. The summed E-state index contributed by atoms with van der Waals surface area (Å²) >= 11 is 0. The molecule has 1 aliphatic heterocycles. The summed E-state index contributed by atoms with van der Waals surface area (Å²) in [6.45, 7) is 4.61. The van der Waals surface area contributed by atoms with Crippen molar-refractivity contribution in [3.05, 3.63) is 59.7 Å². The number of benzene rings is 2. The predicted molar refractivity (Wildman–Crippen MR) is 101 cm³/mol. The minimum Gasteiger partial charge on any atom is -0.497 e. The first-order valence-electron chi connectivity index (χ1n) is 9.05. The Hall–Kier alpha value is -2.53. The molecular formula is C21H27N2O3+. The molecule has 1 N–H and O–H groups in total. The summed E-state index contributed by atoms with van der Waals surface area (Å²) in [4.78, 5) is 16.2. The third-order valence-corrected chi connectivity index (χ3v) is 4.96. The molecule has 0 spiro atoms. The summed E-state index contributed by atoms with van der Waals surface area (Å²) in [5.41, 5.74) is 2.25. The van der Waals surface area contributed by atoms with Gasteiger partial charge < -0.3 is 19.3 Å². The van der Waals surface area contributed by atoms with Crippen molar-refractivity contribution < 1.29 is 19.2 Å². The number of ether oxygens (including phenoxy) is 2. The number of rotatable bonds is 6. The Balaban J connectivity index is 1.54. The number of hydrogen-bond acceptors (Lipinski definition) is 3. The van der Waals surface area contributed by atoms with Gasteiger partial charge in [0.1, 0.15) is 18.0 Å². The highest BCUT2D eigenvalue weighted by Gasteiger charge is 2.24. The molecule has 2 aromatic rings. The lowest BCUT2D eigenvalue weighted by atomic mass is 10.1. The smallest absolute Gasteiger partial charge is 0.227 e. The monoisotopic (exact) mass is 355 g/mol. The number of nitrogens with zero attached hydrogens (tertiary/aromatic N) is 1. The number of carbonyl (C=O) groups excluding carboxylic acids is 1. The van der Waals surface area contributed by atoms with E-state index in [2.05, 4.69) is 24.3 Å². The van der Waals surface area contributed by atoms with E-state index < -0.39 is 0 Å². The minimum absolute atomic E-state index is 0.159. The van der Waals surface area contributed by atoms with Crippen LogP contribution in [0.2, 0.25) is 0 Å². The zero-order valence-corrected chi connectivity index (χ0v) is 15.5. The van der Waals surface area contributed by atoms with Crippen LogP contribution in [0.3, 0.4) is 0 Å². The largest absolute Gasteiger partial charge is 0.497 e. The number of amides is 1. The molecule has 0 unspecified atom stereocenters. The van der Waals surface area contributed by atoms with Gasteiger partial charge in [-0.15, -0.1) is 0 Å². The molecule has 138 valence electrons. The van der Waals surface area contributed by atoms with E-state index in [1.807, 2.05) is 29.2 Å². The Morgan fingerprint density at radius 3 is 2.42 bits per heavy atom. The van der Waals surface area contributed by atoms with E-state index in [9.17, 15) is 4.79 Å². The number of piperazine rings is 1. The van der Waals surface area contributed by atoms with Gasteiger partial charge in [0.25, 0.3) is 0 Å². The van der Waals surface area contributed by atoms with Gasteiger partial charge in [-0.1, -0.05) is 36.4 Å². The highest BCUT2D eigenvalue weighted by Crippen LogP contribution is 2.25. The highest BCUT2D eigenvalue weighted by atomic mass is 16.5. The van der Waals surface area contributed by atoms with Crippen molar-refractivity contribution in [1.29, 1.82) is 0 Å². The molecule has 0 aromatic heterocycles. The fourth-order valence-electron chi connectivity index (χ4n) is 3.41. The lowest BCUT2D eigenvalue weighted by Crippen LogP contribution is -3.13. The Morgan fingerprint density at radius 2 is 1.77 bits per heavy atom. The topological polar surface area (TPSA) is 43.2 Å². The van der Waals surface area contributed by atoms with Gasteiger partial charge in [0.2, 0.25) is 5.91 Å². The molecule has 1 aliphatic rings. The lowest BCUT2D eigenvalue weighted by Gasteiger charge is -2.32. The van der Waals surface area contributed by atoms with Gasteiger partial charge in [0, 0.05) is 17.2 Å². The van der Waals surface area contributed by atoms with E-state index in [0.717, 1.165) is 44.0 Å². The Morgan fingerprint density at radius 1 is 1.04 bits per heavy atom. The second-order valence-electron chi connectivity index (χ2n) is 6.65. The maximum absolute atomic E-state index is 12.7. The molecule has 0 bridgehead atoms. The third-order valence-electron chi connectivity index (χ3n) is 4.96. The van der Waals surface area contributed by atoms with Crippen LogP contribution >= 0.6 is 0 Å². The molecule has 1 fully saturated rings. The second kappa shape index (κ2) is 8.72. The van der Waals surface area contributed by atoms with Crippen LogP contribution in [0, 0.1) is 0 Å². The minimum atomic E-state index is 0.159. The summed E-state index contributed by atoms with van der Waals surface area (Å²) in [7, 11) is 3.24. The average molecular weight is 355 g/mol. The van der Waals surface area contributed by atoms with Crippen molar-refractivity contribution in [2.75, 3.05) is 40.4 Å². The van der Waals surface area contributed by atoms with Crippen LogP contribution in [0.1, 0.15) is 11.1 Å². The first kappa shape index (κ1) is 18.3. The zero-order valence-electron chi connectivity index (χ0n) is 15.5. The van der Waals surface area contributed by atoms with E-state index in [0.29, 0.717) is 12.2 Å². The maximum Gasteiger partial charge on any atom is 0.227 e. The van der Waals surface area contributed by atoms with Crippen LogP contribution in [-0.2, 0) is 17.8 Å². The first-order valence-corrected chi connectivity index (χ1v) is 9.05. The third kappa shape index (κ3) is 4.55. The molecule has 1 saturated heterocycles. The van der Waals surface area contributed by atoms with Gasteiger partial charge in [-0.3, -0.25) is 4.79 Å². The van der Waals surface area contributed by atoms with Gasteiger partial charge in [-0.05, 0) is 6.07 Å². The standard InChI is InChI=1S/C21H26N2O3/c1-25-19-9-8-18(20(15-19)26-2)14-21(24)23-12-10-22(11-13-23)16-17-6-4-3-5-7-17/h3-9,15H,10-14,16H2,1-2H3/p+1.